The third-order valence-electron chi connectivity index (χ3n) is 3.01. The van der Waals surface area contributed by atoms with Crippen molar-refractivity contribution < 1.29 is 18.4 Å². The second kappa shape index (κ2) is 7.96. The normalized spacial score (nSPS) is 11.0. The molecular weight excluding hydrogens is 316 g/mol. The van der Waals surface area contributed by atoms with E-state index >= 15 is 0 Å². The van der Waals surface area contributed by atoms with Crippen LogP contribution in [0, 0.1) is 11.6 Å². The number of rotatable bonds is 5. The molecule has 0 atom stereocenters. The van der Waals surface area contributed by atoms with Crippen LogP contribution in [0.15, 0.2) is 53.6 Å². The van der Waals surface area contributed by atoms with Crippen molar-refractivity contribution in [1.29, 1.82) is 0 Å². The minimum atomic E-state index is -0.702. The summed E-state index contributed by atoms with van der Waals surface area (Å²) in [7, 11) is 0. The first kappa shape index (κ1) is 17.3. The molecule has 124 valence electrons. The number of hydrogen-bond acceptors (Lipinski definition) is 3. The molecule has 0 aliphatic heterocycles. The van der Waals surface area contributed by atoms with E-state index in [4.69, 9.17) is 0 Å². The maximum absolute atomic E-state index is 13.4. The van der Waals surface area contributed by atoms with Crippen molar-refractivity contribution in [3.8, 4) is 0 Å². The van der Waals surface area contributed by atoms with E-state index < -0.39 is 17.5 Å². The van der Waals surface area contributed by atoms with Crippen LogP contribution in [0.1, 0.15) is 23.7 Å². The number of anilines is 1. The predicted octanol–water partition coefficient (Wildman–Crippen LogP) is 3.10. The molecule has 0 aliphatic carbocycles. The fraction of sp³-hybridized carbons (Fsp3) is 0.118. The molecule has 5 nitrogen and oxygen atoms in total. The van der Waals surface area contributed by atoms with Gasteiger partial charge in [0.05, 0.1) is 12.0 Å². The summed E-state index contributed by atoms with van der Waals surface area (Å²) in [6.45, 7) is 1.55. The molecule has 0 spiro atoms. The number of nitrogens with one attached hydrogen (secondary N) is 2. The molecule has 0 aliphatic rings. The molecule has 0 saturated heterocycles. The van der Waals surface area contributed by atoms with Crippen molar-refractivity contribution in [2.75, 3.05) is 5.32 Å². The number of hydrazone groups is 1. The second-order valence-electron chi connectivity index (χ2n) is 5.00. The zero-order chi connectivity index (χ0) is 17.5. The van der Waals surface area contributed by atoms with Gasteiger partial charge >= 0.3 is 0 Å². The summed E-state index contributed by atoms with van der Waals surface area (Å²) in [5, 5.41) is 6.34. The molecule has 2 aromatic carbocycles. The lowest BCUT2D eigenvalue weighted by molar-refractivity contribution is -0.115. The number of nitrogens with zero attached hydrogens (tertiary/aromatic N) is 1. The Bertz CT molecular complexity index is 774. The van der Waals surface area contributed by atoms with Crippen LogP contribution in [-0.2, 0) is 4.79 Å². The summed E-state index contributed by atoms with van der Waals surface area (Å²) in [6.07, 6.45) is -0.0745. The molecule has 0 unspecified atom stereocenters. The van der Waals surface area contributed by atoms with E-state index in [0.717, 1.165) is 0 Å². The number of halogens is 2. The Balaban J connectivity index is 1.89. The van der Waals surface area contributed by atoms with Gasteiger partial charge in [-0.1, -0.05) is 12.1 Å². The third kappa shape index (κ3) is 4.98. The largest absolute Gasteiger partial charge is 0.326 e. The van der Waals surface area contributed by atoms with Crippen molar-refractivity contribution in [3.05, 3.63) is 65.7 Å². The number of amides is 2. The van der Waals surface area contributed by atoms with E-state index in [0.29, 0.717) is 11.4 Å². The third-order valence-corrected chi connectivity index (χ3v) is 3.01. The molecule has 0 heterocycles. The van der Waals surface area contributed by atoms with E-state index in [1.165, 1.54) is 48.5 Å². The number of carbonyl (C=O) groups excluding carboxylic acids is 2. The highest BCUT2D eigenvalue weighted by Crippen LogP contribution is 2.09. The van der Waals surface area contributed by atoms with Crippen molar-refractivity contribution >= 4 is 23.2 Å². The average molecular weight is 331 g/mol. The van der Waals surface area contributed by atoms with Crippen LogP contribution in [0.2, 0.25) is 0 Å². The van der Waals surface area contributed by atoms with Crippen LogP contribution in [0.4, 0.5) is 14.5 Å². The van der Waals surface area contributed by atoms with E-state index in [1.54, 1.807) is 6.92 Å². The first-order valence-electron chi connectivity index (χ1n) is 7.09. The lowest BCUT2D eigenvalue weighted by Crippen LogP contribution is -2.22. The number of carbonyl (C=O) groups is 2. The van der Waals surface area contributed by atoms with Gasteiger partial charge in [-0.05, 0) is 43.3 Å². The van der Waals surface area contributed by atoms with Crippen molar-refractivity contribution in [1.82, 2.24) is 5.43 Å². The van der Waals surface area contributed by atoms with E-state index in [9.17, 15) is 18.4 Å². The molecule has 2 aromatic rings. The van der Waals surface area contributed by atoms with Gasteiger partial charge in [-0.3, -0.25) is 9.59 Å². The summed E-state index contributed by atoms with van der Waals surface area (Å²) < 4.78 is 26.2. The van der Waals surface area contributed by atoms with Crippen LogP contribution in [-0.4, -0.2) is 17.5 Å². The van der Waals surface area contributed by atoms with Crippen LogP contribution in [0.25, 0.3) is 0 Å². The molecular formula is C17H15F2N3O2. The van der Waals surface area contributed by atoms with E-state index in [2.05, 4.69) is 15.8 Å². The Morgan fingerprint density at radius 2 is 1.71 bits per heavy atom. The van der Waals surface area contributed by atoms with Crippen LogP contribution in [0.5, 0.6) is 0 Å². The minimum absolute atomic E-state index is 0.0745. The molecule has 2 amide bonds. The van der Waals surface area contributed by atoms with Crippen LogP contribution < -0.4 is 10.7 Å². The van der Waals surface area contributed by atoms with E-state index in [-0.39, 0.29) is 17.9 Å². The molecule has 0 bridgehead atoms. The topological polar surface area (TPSA) is 70.6 Å². The van der Waals surface area contributed by atoms with Crippen molar-refractivity contribution in [2.45, 2.75) is 13.3 Å². The molecule has 0 fully saturated rings. The predicted molar refractivity (Wildman–Crippen MR) is 86.6 cm³/mol. The van der Waals surface area contributed by atoms with Gasteiger partial charge in [-0.2, -0.15) is 5.10 Å². The molecule has 2 N–H and O–H groups in total. The Kier molecular flexibility index (Phi) is 5.73. The first-order valence-corrected chi connectivity index (χ1v) is 7.09. The SMILES string of the molecule is C/C(CC(=O)Nc1ccc(F)cc1)=N\NC(=O)c1ccccc1F. The van der Waals surface area contributed by atoms with Gasteiger partial charge in [0, 0.05) is 11.4 Å². The zero-order valence-electron chi connectivity index (χ0n) is 12.8. The van der Waals surface area contributed by atoms with E-state index in [1.807, 2.05) is 0 Å². The molecule has 2 rings (SSSR count). The van der Waals surface area contributed by atoms with Crippen molar-refractivity contribution in [2.24, 2.45) is 5.10 Å². The fourth-order valence-electron chi connectivity index (χ4n) is 1.86. The van der Waals surface area contributed by atoms with Gasteiger partial charge in [0.25, 0.3) is 5.91 Å². The monoisotopic (exact) mass is 331 g/mol. The van der Waals surface area contributed by atoms with Crippen LogP contribution in [0.3, 0.4) is 0 Å². The standard InChI is InChI=1S/C17H15F2N3O2/c1-11(10-16(23)20-13-8-6-12(18)7-9-13)21-22-17(24)14-4-2-3-5-15(14)19/h2-9H,10H2,1H3,(H,20,23)(H,22,24)/b21-11+. The Morgan fingerprint density at radius 1 is 1.04 bits per heavy atom. The fourth-order valence-corrected chi connectivity index (χ4v) is 1.86. The average Bonchev–Trinajstić information content (AvgIpc) is 2.55. The van der Waals surface area contributed by atoms with Gasteiger partial charge in [-0.25, -0.2) is 14.2 Å². The Morgan fingerprint density at radius 3 is 2.38 bits per heavy atom. The summed E-state index contributed by atoms with van der Waals surface area (Å²) in [6, 6.07) is 10.8. The quantitative estimate of drug-likeness (QED) is 0.653. The summed E-state index contributed by atoms with van der Waals surface area (Å²) >= 11 is 0. The van der Waals surface area contributed by atoms with Gasteiger partial charge in [0.2, 0.25) is 5.91 Å². The highest BCUT2D eigenvalue weighted by atomic mass is 19.1. The van der Waals surface area contributed by atoms with Gasteiger partial charge in [-0.15, -0.1) is 0 Å². The maximum atomic E-state index is 13.4. The minimum Gasteiger partial charge on any atom is -0.326 e. The molecule has 24 heavy (non-hydrogen) atoms. The van der Waals surface area contributed by atoms with Gasteiger partial charge in [0.15, 0.2) is 0 Å². The number of hydrogen-bond donors (Lipinski definition) is 2. The van der Waals surface area contributed by atoms with Crippen LogP contribution >= 0.6 is 0 Å². The lowest BCUT2D eigenvalue weighted by atomic mass is 10.2. The smallest absolute Gasteiger partial charge is 0.274 e. The Hall–Kier alpha value is -3.09. The molecule has 0 radical (unpaired) electrons. The summed E-state index contributed by atoms with van der Waals surface area (Å²) in [5.74, 6) is -2.13. The zero-order valence-corrected chi connectivity index (χ0v) is 12.8. The summed E-state index contributed by atoms with van der Waals surface area (Å²) in [5.41, 5.74) is 2.84. The lowest BCUT2D eigenvalue weighted by Gasteiger charge is -2.06. The Labute approximate surface area is 137 Å². The van der Waals surface area contributed by atoms with Gasteiger partial charge in [0.1, 0.15) is 11.6 Å². The molecule has 0 aromatic heterocycles. The van der Waals surface area contributed by atoms with Gasteiger partial charge < -0.3 is 5.32 Å². The highest BCUT2D eigenvalue weighted by molar-refractivity contribution is 6.06. The molecule has 7 heteroatoms. The highest BCUT2D eigenvalue weighted by Gasteiger charge is 2.10. The van der Waals surface area contributed by atoms with Crippen molar-refractivity contribution in [3.63, 3.8) is 0 Å². The summed E-state index contributed by atoms with van der Waals surface area (Å²) in [4.78, 5) is 23.6. The number of benzene rings is 2. The second-order valence-corrected chi connectivity index (χ2v) is 5.00. The first-order chi connectivity index (χ1) is 11.5. The molecule has 0 saturated carbocycles. The maximum Gasteiger partial charge on any atom is 0.274 e.